The summed E-state index contributed by atoms with van der Waals surface area (Å²) in [6.07, 6.45) is 1.64. The number of amides is 1. The Morgan fingerprint density at radius 1 is 1.50 bits per heavy atom. The molecule has 1 rings (SSSR count). The smallest absolute Gasteiger partial charge is 0.252 e. The Bertz CT molecular complexity index is 439. The van der Waals surface area contributed by atoms with Gasteiger partial charge in [0.15, 0.2) is 0 Å². The molecule has 5 heteroatoms. The summed E-state index contributed by atoms with van der Waals surface area (Å²) in [5, 5.41) is 3.77. The van der Waals surface area contributed by atoms with Crippen LogP contribution in [0.25, 0.3) is 0 Å². The molecule has 0 aliphatic heterocycles. The maximum Gasteiger partial charge on any atom is 0.252 e. The van der Waals surface area contributed by atoms with E-state index >= 15 is 0 Å². The van der Waals surface area contributed by atoms with Crippen LogP contribution in [0, 0.1) is 5.82 Å². The van der Waals surface area contributed by atoms with Gasteiger partial charge in [0.05, 0.1) is 5.56 Å². The molecule has 18 heavy (non-hydrogen) atoms. The van der Waals surface area contributed by atoms with Crippen molar-refractivity contribution < 1.29 is 9.18 Å². The first-order valence-corrected chi connectivity index (χ1v) is 7.67. The zero-order valence-corrected chi connectivity index (χ0v) is 13.6. The molecule has 0 aliphatic rings. The van der Waals surface area contributed by atoms with Crippen LogP contribution in [0.15, 0.2) is 22.7 Å². The van der Waals surface area contributed by atoms with E-state index in [9.17, 15) is 9.18 Å². The number of hydrogen-bond donors (Lipinski definition) is 1. The highest BCUT2D eigenvalue weighted by molar-refractivity contribution is 9.10. The van der Waals surface area contributed by atoms with E-state index in [1.165, 1.54) is 18.2 Å². The fourth-order valence-corrected chi connectivity index (χ4v) is 2.85. The van der Waals surface area contributed by atoms with Crippen LogP contribution < -0.4 is 5.32 Å². The van der Waals surface area contributed by atoms with Crippen molar-refractivity contribution >= 4 is 37.8 Å². The highest BCUT2D eigenvalue weighted by Crippen LogP contribution is 2.21. The average molecular weight is 381 g/mol. The summed E-state index contributed by atoms with van der Waals surface area (Å²) < 4.78 is 13.8. The van der Waals surface area contributed by atoms with Crippen molar-refractivity contribution in [2.45, 2.75) is 32.2 Å². The van der Waals surface area contributed by atoms with Gasteiger partial charge < -0.3 is 5.32 Å². The Balaban J connectivity index is 2.90. The number of benzene rings is 1. The number of nitrogens with one attached hydrogen (secondary N) is 1. The van der Waals surface area contributed by atoms with E-state index in [0.717, 1.165) is 18.2 Å². The first-order valence-electron chi connectivity index (χ1n) is 5.75. The molecule has 0 bridgehead atoms. The predicted molar refractivity (Wildman–Crippen MR) is 78.7 cm³/mol. The molecular weight excluding hydrogens is 365 g/mol. The number of halogens is 3. The SMILES string of the molecule is CCC(C)(CCBr)NC(=O)c1cc(F)ccc1Br. The van der Waals surface area contributed by atoms with Crippen LogP contribution in [0.1, 0.15) is 37.0 Å². The molecular formula is C13H16Br2FNO. The number of carbonyl (C=O) groups excluding carboxylic acids is 1. The minimum absolute atomic E-state index is 0.258. The van der Waals surface area contributed by atoms with Crippen LogP contribution in [0.4, 0.5) is 4.39 Å². The summed E-state index contributed by atoms with van der Waals surface area (Å²) in [6, 6.07) is 4.10. The van der Waals surface area contributed by atoms with Gasteiger partial charge in [0.1, 0.15) is 5.82 Å². The van der Waals surface area contributed by atoms with Crippen molar-refractivity contribution in [1.29, 1.82) is 0 Å². The number of alkyl halides is 1. The van der Waals surface area contributed by atoms with Gasteiger partial charge in [-0.25, -0.2) is 4.39 Å². The average Bonchev–Trinajstić information content (AvgIpc) is 2.32. The van der Waals surface area contributed by atoms with E-state index in [2.05, 4.69) is 37.2 Å². The molecule has 1 unspecified atom stereocenters. The fraction of sp³-hybridized carbons (Fsp3) is 0.462. The zero-order valence-electron chi connectivity index (χ0n) is 10.4. The Kier molecular flexibility index (Phi) is 5.79. The molecule has 1 atom stereocenters. The molecule has 100 valence electrons. The monoisotopic (exact) mass is 379 g/mol. The molecule has 1 aromatic carbocycles. The second-order valence-corrected chi connectivity index (χ2v) is 6.08. The minimum Gasteiger partial charge on any atom is -0.347 e. The van der Waals surface area contributed by atoms with Gasteiger partial charge in [-0.15, -0.1) is 0 Å². The molecule has 0 aliphatic carbocycles. The third-order valence-corrected chi connectivity index (χ3v) is 4.10. The van der Waals surface area contributed by atoms with Crippen molar-refractivity contribution in [2.24, 2.45) is 0 Å². The normalized spacial score (nSPS) is 14.1. The molecule has 1 amide bonds. The van der Waals surface area contributed by atoms with Crippen LogP contribution in [0.2, 0.25) is 0 Å². The zero-order chi connectivity index (χ0) is 13.8. The Labute approximate surface area is 124 Å². The topological polar surface area (TPSA) is 29.1 Å². The standard InChI is InChI=1S/C13H16Br2FNO/c1-3-13(2,6-7-14)17-12(18)10-8-9(16)4-5-11(10)15/h4-5,8H,3,6-7H2,1-2H3,(H,17,18). The summed E-state index contributed by atoms with van der Waals surface area (Å²) in [5.41, 5.74) is 0.0380. The molecule has 0 fully saturated rings. The second kappa shape index (κ2) is 6.66. The number of hydrogen-bond acceptors (Lipinski definition) is 1. The van der Waals surface area contributed by atoms with Crippen LogP contribution in [-0.2, 0) is 0 Å². The molecule has 0 spiro atoms. The quantitative estimate of drug-likeness (QED) is 0.759. The molecule has 1 N–H and O–H groups in total. The van der Waals surface area contributed by atoms with Crippen LogP contribution >= 0.6 is 31.9 Å². The number of rotatable bonds is 5. The maximum atomic E-state index is 13.2. The molecule has 0 saturated carbocycles. The second-order valence-electron chi connectivity index (χ2n) is 4.43. The maximum absolute atomic E-state index is 13.2. The lowest BCUT2D eigenvalue weighted by Gasteiger charge is -2.29. The van der Waals surface area contributed by atoms with Crippen LogP contribution in [-0.4, -0.2) is 16.8 Å². The van der Waals surface area contributed by atoms with E-state index in [1.54, 1.807) is 0 Å². The van der Waals surface area contributed by atoms with Gasteiger partial charge >= 0.3 is 0 Å². The van der Waals surface area contributed by atoms with Gasteiger partial charge in [-0.3, -0.25) is 4.79 Å². The Morgan fingerprint density at radius 2 is 2.17 bits per heavy atom. The summed E-state index contributed by atoms with van der Waals surface area (Å²) in [7, 11) is 0. The third-order valence-electron chi connectivity index (χ3n) is 3.01. The van der Waals surface area contributed by atoms with Crippen LogP contribution in [0.5, 0.6) is 0 Å². The highest BCUT2D eigenvalue weighted by atomic mass is 79.9. The molecule has 0 saturated heterocycles. The summed E-state index contributed by atoms with van der Waals surface area (Å²) >= 11 is 6.64. The predicted octanol–water partition coefficient (Wildman–Crippen LogP) is 4.27. The molecule has 0 heterocycles. The van der Waals surface area contributed by atoms with E-state index in [4.69, 9.17) is 0 Å². The van der Waals surface area contributed by atoms with Crippen LogP contribution in [0.3, 0.4) is 0 Å². The molecule has 0 aromatic heterocycles. The van der Waals surface area contributed by atoms with E-state index in [1.807, 2.05) is 13.8 Å². The lowest BCUT2D eigenvalue weighted by Crippen LogP contribution is -2.45. The third kappa shape index (κ3) is 4.05. The van der Waals surface area contributed by atoms with Gasteiger partial charge in [-0.2, -0.15) is 0 Å². The first kappa shape index (κ1) is 15.6. The largest absolute Gasteiger partial charge is 0.347 e. The van der Waals surface area contributed by atoms with E-state index < -0.39 is 5.82 Å². The van der Waals surface area contributed by atoms with Crippen molar-refractivity contribution in [3.05, 3.63) is 34.1 Å². The molecule has 2 nitrogen and oxygen atoms in total. The Hall–Kier alpha value is -0.420. The van der Waals surface area contributed by atoms with Crippen molar-refractivity contribution in [2.75, 3.05) is 5.33 Å². The molecule has 1 aromatic rings. The minimum atomic E-state index is -0.415. The van der Waals surface area contributed by atoms with Crippen molar-refractivity contribution in [3.63, 3.8) is 0 Å². The summed E-state index contributed by atoms with van der Waals surface area (Å²) in [5.74, 6) is -0.672. The lowest BCUT2D eigenvalue weighted by molar-refractivity contribution is 0.0900. The summed E-state index contributed by atoms with van der Waals surface area (Å²) in [4.78, 5) is 12.1. The van der Waals surface area contributed by atoms with E-state index in [0.29, 0.717) is 10.0 Å². The summed E-state index contributed by atoms with van der Waals surface area (Å²) in [6.45, 7) is 4.00. The van der Waals surface area contributed by atoms with Crippen molar-refractivity contribution in [3.8, 4) is 0 Å². The lowest BCUT2D eigenvalue weighted by atomic mass is 9.95. The van der Waals surface area contributed by atoms with Gasteiger partial charge in [0, 0.05) is 15.3 Å². The van der Waals surface area contributed by atoms with Gasteiger partial charge in [0.25, 0.3) is 5.91 Å². The van der Waals surface area contributed by atoms with E-state index in [-0.39, 0.29) is 11.4 Å². The molecule has 0 radical (unpaired) electrons. The van der Waals surface area contributed by atoms with Gasteiger partial charge in [-0.05, 0) is 53.9 Å². The first-order chi connectivity index (χ1) is 8.41. The Morgan fingerprint density at radius 3 is 2.72 bits per heavy atom. The van der Waals surface area contributed by atoms with Gasteiger partial charge in [-0.1, -0.05) is 22.9 Å². The highest BCUT2D eigenvalue weighted by Gasteiger charge is 2.25. The fourth-order valence-electron chi connectivity index (χ4n) is 1.55. The van der Waals surface area contributed by atoms with Crippen molar-refractivity contribution in [1.82, 2.24) is 5.32 Å². The number of carbonyl (C=O) groups is 1. The van der Waals surface area contributed by atoms with Gasteiger partial charge in [0.2, 0.25) is 0 Å².